The summed E-state index contributed by atoms with van der Waals surface area (Å²) in [5.41, 5.74) is 2.63. The molecule has 1 aliphatic rings. The number of hydrogen-bond acceptors (Lipinski definition) is 3. The van der Waals surface area contributed by atoms with Crippen LogP contribution in [0.25, 0.3) is 0 Å². The maximum atomic E-state index is 12.7. The monoisotopic (exact) mass is 337 g/mol. The molecule has 0 spiro atoms. The van der Waals surface area contributed by atoms with Crippen molar-refractivity contribution in [2.24, 2.45) is 0 Å². The summed E-state index contributed by atoms with van der Waals surface area (Å²) in [5, 5.41) is 2.85. The van der Waals surface area contributed by atoms with Crippen molar-refractivity contribution in [3.63, 3.8) is 0 Å². The summed E-state index contributed by atoms with van der Waals surface area (Å²) in [6.07, 6.45) is 5.90. The Morgan fingerprint density at radius 1 is 1.00 bits per heavy atom. The number of carbonyl (C=O) groups is 2. The van der Waals surface area contributed by atoms with Gasteiger partial charge in [0.25, 0.3) is 11.8 Å². The number of likely N-dealkylation sites (tertiary alicyclic amines) is 1. The van der Waals surface area contributed by atoms with Gasteiger partial charge in [-0.3, -0.25) is 14.6 Å². The molecule has 5 heteroatoms. The summed E-state index contributed by atoms with van der Waals surface area (Å²) in [6, 6.07) is 10.8. The number of hydrogen-bond donors (Lipinski definition) is 1. The SMILES string of the molecule is Cc1ccc(NC(=O)c2ccnc(C(=O)N3CCCCCC3)c2)cc1. The zero-order valence-corrected chi connectivity index (χ0v) is 14.5. The van der Waals surface area contributed by atoms with Gasteiger partial charge in [-0.15, -0.1) is 0 Å². The van der Waals surface area contributed by atoms with E-state index in [1.807, 2.05) is 36.1 Å². The molecular weight excluding hydrogens is 314 g/mol. The highest BCUT2D eigenvalue weighted by molar-refractivity contribution is 6.05. The molecule has 0 unspecified atom stereocenters. The maximum absolute atomic E-state index is 12.7. The van der Waals surface area contributed by atoms with Crippen LogP contribution < -0.4 is 5.32 Å². The zero-order chi connectivity index (χ0) is 17.6. The predicted octanol–water partition coefficient (Wildman–Crippen LogP) is 3.66. The second-order valence-electron chi connectivity index (χ2n) is 6.46. The number of benzene rings is 1. The predicted molar refractivity (Wildman–Crippen MR) is 97.7 cm³/mol. The van der Waals surface area contributed by atoms with Crippen LogP contribution in [-0.4, -0.2) is 34.8 Å². The van der Waals surface area contributed by atoms with Crippen LogP contribution >= 0.6 is 0 Å². The van der Waals surface area contributed by atoms with Crippen LogP contribution in [0.5, 0.6) is 0 Å². The molecule has 1 fully saturated rings. The lowest BCUT2D eigenvalue weighted by molar-refractivity contribution is 0.0755. The third-order valence-electron chi connectivity index (χ3n) is 4.44. The van der Waals surface area contributed by atoms with E-state index in [0.717, 1.165) is 50.0 Å². The molecule has 25 heavy (non-hydrogen) atoms. The van der Waals surface area contributed by atoms with Gasteiger partial charge in [0.2, 0.25) is 0 Å². The van der Waals surface area contributed by atoms with Crippen molar-refractivity contribution in [1.82, 2.24) is 9.88 Å². The molecule has 0 atom stereocenters. The molecule has 0 aliphatic carbocycles. The van der Waals surface area contributed by atoms with Gasteiger partial charge in [0.15, 0.2) is 0 Å². The van der Waals surface area contributed by atoms with Crippen LogP contribution in [0.2, 0.25) is 0 Å². The third-order valence-corrected chi connectivity index (χ3v) is 4.44. The van der Waals surface area contributed by atoms with Gasteiger partial charge in [-0.05, 0) is 44.0 Å². The number of nitrogens with one attached hydrogen (secondary N) is 1. The minimum absolute atomic E-state index is 0.0908. The number of anilines is 1. The summed E-state index contributed by atoms with van der Waals surface area (Å²) in [4.78, 5) is 31.1. The largest absolute Gasteiger partial charge is 0.337 e. The number of pyridine rings is 1. The van der Waals surface area contributed by atoms with Crippen LogP contribution in [0.3, 0.4) is 0 Å². The fourth-order valence-electron chi connectivity index (χ4n) is 2.96. The lowest BCUT2D eigenvalue weighted by atomic mass is 10.2. The number of amides is 2. The highest BCUT2D eigenvalue weighted by atomic mass is 16.2. The molecule has 2 amide bonds. The van der Waals surface area contributed by atoms with E-state index >= 15 is 0 Å². The minimum atomic E-state index is -0.240. The molecular formula is C20H23N3O2. The Hall–Kier alpha value is -2.69. The van der Waals surface area contributed by atoms with Gasteiger partial charge in [-0.25, -0.2) is 0 Å². The topological polar surface area (TPSA) is 62.3 Å². The highest BCUT2D eigenvalue weighted by Gasteiger charge is 2.19. The quantitative estimate of drug-likeness (QED) is 0.930. The van der Waals surface area contributed by atoms with Crippen molar-refractivity contribution in [2.75, 3.05) is 18.4 Å². The van der Waals surface area contributed by atoms with Gasteiger partial charge in [0.1, 0.15) is 5.69 Å². The Morgan fingerprint density at radius 3 is 2.36 bits per heavy atom. The molecule has 1 saturated heterocycles. The van der Waals surface area contributed by atoms with Gasteiger partial charge >= 0.3 is 0 Å². The maximum Gasteiger partial charge on any atom is 0.272 e. The van der Waals surface area contributed by atoms with Crippen LogP contribution in [0.15, 0.2) is 42.6 Å². The Balaban J connectivity index is 1.72. The Labute approximate surface area is 148 Å². The van der Waals surface area contributed by atoms with Crippen molar-refractivity contribution in [1.29, 1.82) is 0 Å². The van der Waals surface area contributed by atoms with E-state index in [9.17, 15) is 9.59 Å². The molecule has 1 N–H and O–H groups in total. The van der Waals surface area contributed by atoms with E-state index in [2.05, 4.69) is 10.3 Å². The van der Waals surface area contributed by atoms with Crippen LogP contribution in [0, 0.1) is 6.92 Å². The van der Waals surface area contributed by atoms with Crippen molar-refractivity contribution in [2.45, 2.75) is 32.6 Å². The summed E-state index contributed by atoms with van der Waals surface area (Å²) in [5.74, 6) is -0.331. The molecule has 1 aromatic heterocycles. The molecule has 0 radical (unpaired) electrons. The smallest absolute Gasteiger partial charge is 0.272 e. The van der Waals surface area contributed by atoms with Crippen molar-refractivity contribution in [3.8, 4) is 0 Å². The fourth-order valence-corrected chi connectivity index (χ4v) is 2.96. The van der Waals surface area contributed by atoms with E-state index < -0.39 is 0 Å². The van der Waals surface area contributed by atoms with Crippen LogP contribution in [0.4, 0.5) is 5.69 Å². The van der Waals surface area contributed by atoms with Crippen molar-refractivity contribution in [3.05, 3.63) is 59.4 Å². The van der Waals surface area contributed by atoms with Crippen molar-refractivity contribution >= 4 is 17.5 Å². The van der Waals surface area contributed by atoms with Gasteiger partial charge in [-0.1, -0.05) is 30.5 Å². The van der Waals surface area contributed by atoms with Gasteiger partial charge in [0, 0.05) is 30.5 Å². The van der Waals surface area contributed by atoms with Crippen molar-refractivity contribution < 1.29 is 9.59 Å². The number of aryl methyl sites for hydroxylation is 1. The number of aromatic nitrogens is 1. The molecule has 2 heterocycles. The molecule has 1 aromatic carbocycles. The molecule has 3 rings (SSSR count). The first-order chi connectivity index (χ1) is 12.1. The van der Waals surface area contributed by atoms with E-state index in [4.69, 9.17) is 0 Å². The fraction of sp³-hybridized carbons (Fsp3) is 0.350. The van der Waals surface area contributed by atoms with E-state index in [0.29, 0.717) is 11.3 Å². The van der Waals surface area contributed by atoms with Crippen LogP contribution in [-0.2, 0) is 0 Å². The van der Waals surface area contributed by atoms with Gasteiger partial charge < -0.3 is 10.2 Å². The highest BCUT2D eigenvalue weighted by Crippen LogP contribution is 2.14. The first-order valence-corrected chi connectivity index (χ1v) is 8.77. The third kappa shape index (κ3) is 4.44. The molecule has 0 bridgehead atoms. The number of nitrogens with zero attached hydrogens (tertiary/aromatic N) is 2. The molecule has 130 valence electrons. The van der Waals surface area contributed by atoms with Gasteiger partial charge in [-0.2, -0.15) is 0 Å². The number of carbonyl (C=O) groups excluding carboxylic acids is 2. The zero-order valence-electron chi connectivity index (χ0n) is 14.5. The van der Waals surface area contributed by atoms with Crippen LogP contribution in [0.1, 0.15) is 52.1 Å². The normalized spacial score (nSPS) is 14.7. The van der Waals surface area contributed by atoms with E-state index in [-0.39, 0.29) is 11.8 Å². The summed E-state index contributed by atoms with van der Waals surface area (Å²) >= 11 is 0. The summed E-state index contributed by atoms with van der Waals surface area (Å²) in [7, 11) is 0. The average molecular weight is 337 g/mol. The lowest BCUT2D eigenvalue weighted by Gasteiger charge is -2.19. The first-order valence-electron chi connectivity index (χ1n) is 8.77. The summed E-state index contributed by atoms with van der Waals surface area (Å²) in [6.45, 7) is 3.52. The second kappa shape index (κ2) is 7.92. The molecule has 0 saturated carbocycles. The van der Waals surface area contributed by atoms with E-state index in [1.54, 1.807) is 12.1 Å². The minimum Gasteiger partial charge on any atom is -0.337 e. The molecule has 1 aliphatic heterocycles. The summed E-state index contributed by atoms with van der Waals surface area (Å²) < 4.78 is 0. The average Bonchev–Trinajstić information content (AvgIpc) is 2.92. The second-order valence-corrected chi connectivity index (χ2v) is 6.46. The lowest BCUT2D eigenvalue weighted by Crippen LogP contribution is -2.32. The Morgan fingerprint density at radius 2 is 1.68 bits per heavy atom. The van der Waals surface area contributed by atoms with Gasteiger partial charge in [0.05, 0.1) is 0 Å². The Bertz CT molecular complexity index is 748. The van der Waals surface area contributed by atoms with E-state index in [1.165, 1.54) is 6.20 Å². The molecule has 5 nitrogen and oxygen atoms in total. The number of rotatable bonds is 3. The molecule has 2 aromatic rings. The standard InChI is InChI=1S/C20H23N3O2/c1-15-6-8-17(9-7-15)22-19(24)16-10-11-21-18(14-16)20(25)23-12-4-2-3-5-13-23/h6-11,14H,2-5,12-13H2,1H3,(H,22,24). The Kier molecular flexibility index (Phi) is 5.43. The first kappa shape index (κ1) is 17.1.